The molecule has 168 valence electrons. The van der Waals surface area contributed by atoms with Crippen LogP contribution in [0.1, 0.15) is 45.2 Å². The standard InChI is InChI=1S/C23H25F2N5O2/c1-14-18(15(2)32-27-14)13-28-8-10-29(11-9-28)23(31)22-17-4-3-5-21(17)30(26-22)16-6-7-19(24)20(25)12-16/h6-7,12H,3-5,8-11,13H2,1-2H3. The first-order valence-corrected chi connectivity index (χ1v) is 10.9. The van der Waals surface area contributed by atoms with E-state index in [-0.39, 0.29) is 5.91 Å². The minimum absolute atomic E-state index is 0.0959. The third-order valence-electron chi connectivity index (χ3n) is 6.50. The Labute approximate surface area is 184 Å². The van der Waals surface area contributed by atoms with E-state index < -0.39 is 11.6 Å². The molecule has 0 saturated carbocycles. The molecule has 3 aromatic rings. The van der Waals surface area contributed by atoms with Crippen LogP contribution in [0.2, 0.25) is 0 Å². The van der Waals surface area contributed by atoms with E-state index in [0.29, 0.717) is 24.5 Å². The van der Waals surface area contributed by atoms with Gasteiger partial charge in [0.05, 0.1) is 11.4 Å². The van der Waals surface area contributed by atoms with Crippen LogP contribution in [0.15, 0.2) is 22.7 Å². The molecule has 0 bridgehead atoms. The van der Waals surface area contributed by atoms with Crippen LogP contribution in [-0.4, -0.2) is 56.8 Å². The van der Waals surface area contributed by atoms with Gasteiger partial charge < -0.3 is 9.42 Å². The largest absolute Gasteiger partial charge is 0.361 e. The summed E-state index contributed by atoms with van der Waals surface area (Å²) in [4.78, 5) is 17.5. The molecule has 0 unspecified atom stereocenters. The van der Waals surface area contributed by atoms with Crippen LogP contribution in [0.3, 0.4) is 0 Å². The summed E-state index contributed by atoms with van der Waals surface area (Å²) in [6.45, 7) is 7.33. The van der Waals surface area contributed by atoms with Gasteiger partial charge in [-0.05, 0) is 45.2 Å². The van der Waals surface area contributed by atoms with E-state index in [9.17, 15) is 13.6 Å². The van der Waals surface area contributed by atoms with Gasteiger partial charge in [0.1, 0.15) is 5.76 Å². The van der Waals surface area contributed by atoms with Crippen LogP contribution in [-0.2, 0) is 19.4 Å². The monoisotopic (exact) mass is 441 g/mol. The van der Waals surface area contributed by atoms with Crippen molar-refractivity contribution in [3.63, 3.8) is 0 Å². The van der Waals surface area contributed by atoms with Crippen LogP contribution in [0.25, 0.3) is 5.69 Å². The van der Waals surface area contributed by atoms with E-state index in [2.05, 4.69) is 15.2 Å². The topological polar surface area (TPSA) is 67.4 Å². The number of fused-ring (bicyclic) bond motifs is 1. The smallest absolute Gasteiger partial charge is 0.274 e. The second-order valence-electron chi connectivity index (χ2n) is 8.51. The number of nitrogens with zero attached hydrogens (tertiary/aromatic N) is 5. The fourth-order valence-corrected chi connectivity index (χ4v) is 4.65. The predicted octanol–water partition coefficient (Wildman–Crippen LogP) is 3.20. The third-order valence-corrected chi connectivity index (χ3v) is 6.50. The van der Waals surface area contributed by atoms with E-state index in [4.69, 9.17) is 4.52 Å². The van der Waals surface area contributed by atoms with E-state index in [1.165, 1.54) is 6.07 Å². The van der Waals surface area contributed by atoms with Crippen molar-refractivity contribution in [2.24, 2.45) is 0 Å². The van der Waals surface area contributed by atoms with Gasteiger partial charge in [-0.3, -0.25) is 9.69 Å². The first-order chi connectivity index (χ1) is 15.4. The van der Waals surface area contributed by atoms with Crippen molar-refractivity contribution in [3.8, 4) is 5.69 Å². The summed E-state index contributed by atoms with van der Waals surface area (Å²) in [5.74, 6) is -1.09. The molecule has 1 amide bonds. The molecule has 32 heavy (non-hydrogen) atoms. The molecule has 9 heteroatoms. The average Bonchev–Trinajstić information content (AvgIpc) is 3.48. The van der Waals surface area contributed by atoms with Gasteiger partial charge in [-0.2, -0.15) is 5.10 Å². The Bertz CT molecular complexity index is 1160. The molecule has 1 aliphatic carbocycles. The predicted molar refractivity (Wildman–Crippen MR) is 113 cm³/mol. The maximum atomic E-state index is 13.8. The van der Waals surface area contributed by atoms with Crippen LogP contribution in [0, 0.1) is 25.5 Å². The molecular weight excluding hydrogens is 416 g/mol. The molecule has 1 aromatic carbocycles. The lowest BCUT2D eigenvalue weighted by Crippen LogP contribution is -2.48. The summed E-state index contributed by atoms with van der Waals surface area (Å²) in [5, 5.41) is 8.57. The van der Waals surface area contributed by atoms with Crippen LogP contribution in [0.4, 0.5) is 8.78 Å². The molecule has 2 aromatic heterocycles. The summed E-state index contributed by atoms with van der Waals surface area (Å²) in [7, 11) is 0. The molecule has 5 rings (SSSR count). The van der Waals surface area contributed by atoms with Crippen LogP contribution in [0.5, 0.6) is 0 Å². The highest BCUT2D eigenvalue weighted by atomic mass is 19.2. The van der Waals surface area contributed by atoms with Crippen molar-refractivity contribution in [2.75, 3.05) is 26.2 Å². The number of hydrogen-bond donors (Lipinski definition) is 0. The summed E-state index contributed by atoms with van der Waals surface area (Å²) >= 11 is 0. The number of amides is 1. The Balaban J connectivity index is 1.33. The van der Waals surface area contributed by atoms with E-state index in [0.717, 1.165) is 79.3 Å². The number of hydrogen-bond acceptors (Lipinski definition) is 5. The van der Waals surface area contributed by atoms with Gasteiger partial charge in [0.15, 0.2) is 17.3 Å². The summed E-state index contributed by atoms with van der Waals surface area (Å²) in [5.41, 5.74) is 4.72. The van der Waals surface area contributed by atoms with Crippen molar-refractivity contribution in [1.82, 2.24) is 24.7 Å². The van der Waals surface area contributed by atoms with Crippen molar-refractivity contribution in [2.45, 2.75) is 39.7 Å². The van der Waals surface area contributed by atoms with Crippen molar-refractivity contribution in [3.05, 3.63) is 63.8 Å². The summed E-state index contributed by atoms with van der Waals surface area (Å²) in [6.07, 6.45) is 2.45. The molecule has 7 nitrogen and oxygen atoms in total. The lowest BCUT2D eigenvalue weighted by Gasteiger charge is -2.34. The van der Waals surface area contributed by atoms with Crippen LogP contribution >= 0.6 is 0 Å². The maximum Gasteiger partial charge on any atom is 0.274 e. The number of benzene rings is 1. The normalized spacial score (nSPS) is 16.6. The van der Waals surface area contributed by atoms with E-state index in [1.54, 1.807) is 4.68 Å². The van der Waals surface area contributed by atoms with Gasteiger partial charge in [0.25, 0.3) is 5.91 Å². The fraction of sp³-hybridized carbons (Fsp3) is 0.435. The Morgan fingerprint density at radius 1 is 1.09 bits per heavy atom. The van der Waals surface area contributed by atoms with Gasteiger partial charge in [0, 0.05) is 55.6 Å². The lowest BCUT2D eigenvalue weighted by atomic mass is 10.1. The van der Waals surface area contributed by atoms with Gasteiger partial charge in [-0.25, -0.2) is 13.5 Å². The highest BCUT2D eigenvalue weighted by Crippen LogP contribution is 2.29. The Kier molecular flexibility index (Phi) is 5.28. The van der Waals surface area contributed by atoms with Gasteiger partial charge in [-0.15, -0.1) is 0 Å². The maximum absolute atomic E-state index is 13.8. The molecule has 0 N–H and O–H groups in total. The van der Waals surface area contributed by atoms with Gasteiger partial charge in [0.2, 0.25) is 0 Å². The molecule has 1 fully saturated rings. The molecule has 1 aliphatic heterocycles. The first kappa shape index (κ1) is 20.8. The van der Waals surface area contributed by atoms with Crippen molar-refractivity contribution >= 4 is 5.91 Å². The van der Waals surface area contributed by atoms with Crippen LogP contribution < -0.4 is 0 Å². The summed E-state index contributed by atoms with van der Waals surface area (Å²) in [6, 6.07) is 3.71. The third kappa shape index (κ3) is 3.60. The van der Waals surface area contributed by atoms with Gasteiger partial charge in [-0.1, -0.05) is 5.16 Å². The fourth-order valence-electron chi connectivity index (χ4n) is 4.65. The number of aromatic nitrogens is 3. The minimum Gasteiger partial charge on any atom is -0.361 e. The number of carbonyl (C=O) groups excluding carboxylic acids is 1. The molecule has 0 spiro atoms. The SMILES string of the molecule is Cc1noc(C)c1CN1CCN(C(=O)c2nn(-c3ccc(F)c(F)c3)c3c2CCC3)CC1. The van der Waals surface area contributed by atoms with Gasteiger partial charge >= 0.3 is 0 Å². The number of halogens is 2. The zero-order valence-electron chi connectivity index (χ0n) is 18.2. The zero-order chi connectivity index (χ0) is 22.4. The second-order valence-corrected chi connectivity index (χ2v) is 8.51. The first-order valence-electron chi connectivity index (χ1n) is 10.9. The zero-order valence-corrected chi connectivity index (χ0v) is 18.2. The number of piperazine rings is 1. The number of carbonyl (C=O) groups is 1. The molecule has 0 radical (unpaired) electrons. The molecular formula is C23H25F2N5O2. The Hall–Kier alpha value is -3.07. The lowest BCUT2D eigenvalue weighted by molar-refractivity contribution is 0.0620. The molecule has 1 saturated heterocycles. The Morgan fingerprint density at radius 2 is 1.88 bits per heavy atom. The quantitative estimate of drug-likeness (QED) is 0.622. The van der Waals surface area contributed by atoms with Crippen molar-refractivity contribution in [1.29, 1.82) is 0 Å². The van der Waals surface area contributed by atoms with E-state index >= 15 is 0 Å². The average molecular weight is 441 g/mol. The molecule has 3 heterocycles. The summed E-state index contributed by atoms with van der Waals surface area (Å²) < 4.78 is 34.0. The molecule has 2 aliphatic rings. The highest BCUT2D eigenvalue weighted by Gasteiger charge is 2.31. The number of rotatable bonds is 4. The number of aryl methyl sites for hydroxylation is 2. The second kappa shape index (κ2) is 8.12. The van der Waals surface area contributed by atoms with E-state index in [1.807, 2.05) is 18.7 Å². The van der Waals surface area contributed by atoms with Crippen molar-refractivity contribution < 1.29 is 18.1 Å². The highest BCUT2D eigenvalue weighted by molar-refractivity contribution is 5.94. The minimum atomic E-state index is -0.924. The molecule has 0 atom stereocenters. The Morgan fingerprint density at radius 3 is 2.56 bits per heavy atom.